The molecule has 0 aliphatic carbocycles. The molecule has 7 aliphatic rings. The third-order valence-electron chi connectivity index (χ3n) is 21.6. The first-order valence-corrected chi connectivity index (χ1v) is 37.6. The zero-order valence-electron chi connectivity index (χ0n) is 61.5. The van der Waals surface area contributed by atoms with Crippen LogP contribution in [0.2, 0.25) is 0 Å². The second-order valence-corrected chi connectivity index (χ2v) is 28.5. The number of carbonyl (C=O) groups excluding carboxylic acids is 3. The average Bonchev–Trinajstić information content (AvgIpc) is 0.777. The Bertz CT molecular complexity index is 4450. The first-order valence-electron chi connectivity index (χ1n) is 37.6. The smallest absolute Gasteiger partial charge is 0.318 e. The maximum Gasteiger partial charge on any atom is 0.318 e. The molecule has 4 saturated heterocycles. The van der Waals surface area contributed by atoms with Gasteiger partial charge in [-0.1, -0.05) is 112 Å². The van der Waals surface area contributed by atoms with Crippen LogP contribution in [0, 0.1) is 5.92 Å². The zero-order valence-corrected chi connectivity index (χ0v) is 61.5. The Morgan fingerprint density at radius 3 is 1.54 bits per heavy atom. The fourth-order valence-electron chi connectivity index (χ4n) is 16.0. The molecule has 4 fully saturated rings. The zero-order chi connectivity index (χ0) is 73.8. The van der Waals surface area contributed by atoms with E-state index in [4.69, 9.17) is 29.4 Å². The van der Waals surface area contributed by atoms with Crippen LogP contribution in [0.1, 0.15) is 84.9 Å². The Kier molecular flexibility index (Phi) is 23.8. The summed E-state index contributed by atoms with van der Waals surface area (Å²) in [6, 6.07) is 34.5. The van der Waals surface area contributed by atoms with Crippen molar-refractivity contribution in [3.8, 4) is 23.5 Å². The van der Waals surface area contributed by atoms with Crippen molar-refractivity contribution in [3.05, 3.63) is 187 Å². The molecule has 3 unspecified atom stereocenters. The highest BCUT2D eigenvalue weighted by atomic mass is 16.5. The molecule has 7 aliphatic heterocycles. The van der Waals surface area contributed by atoms with Gasteiger partial charge in [0.1, 0.15) is 35.3 Å². The highest BCUT2D eigenvalue weighted by Gasteiger charge is 2.34. The van der Waals surface area contributed by atoms with E-state index >= 15 is 0 Å². The number of anilines is 5. The first kappa shape index (κ1) is 73.9. The number of rotatable bonds is 18. The number of benzene rings is 5. The largest absolute Gasteiger partial charge is 0.508 e. The first-order chi connectivity index (χ1) is 51.6. The van der Waals surface area contributed by atoms with Crippen LogP contribution in [0.25, 0.3) is 21.5 Å². The van der Waals surface area contributed by atoms with Gasteiger partial charge in [0, 0.05) is 168 Å². The van der Waals surface area contributed by atoms with Crippen LogP contribution in [0.3, 0.4) is 0 Å². The molecule has 556 valence electrons. The third kappa shape index (κ3) is 17.1. The van der Waals surface area contributed by atoms with Crippen molar-refractivity contribution in [1.82, 2.24) is 54.4 Å². The van der Waals surface area contributed by atoms with Crippen molar-refractivity contribution >= 4 is 68.1 Å². The number of aliphatic hydroxyl groups excluding tert-OH is 1. The third-order valence-corrected chi connectivity index (χ3v) is 21.6. The molecule has 3 N–H and O–H groups in total. The number of phenolic OH excluding ortho intramolecular Hbond substituents is 2. The molecule has 3 aromatic heterocycles. The van der Waals surface area contributed by atoms with Gasteiger partial charge in [-0.2, -0.15) is 19.9 Å². The maximum atomic E-state index is 12.2. The van der Waals surface area contributed by atoms with Gasteiger partial charge in [0.15, 0.2) is 0 Å². The van der Waals surface area contributed by atoms with E-state index in [-0.39, 0.29) is 48.0 Å². The molecule has 0 radical (unpaired) electrons. The van der Waals surface area contributed by atoms with Crippen LogP contribution in [0.15, 0.2) is 147 Å². The predicted molar refractivity (Wildman–Crippen MR) is 415 cm³/mol. The molecule has 0 spiro atoms. The Hall–Kier alpha value is -10.4. The lowest BCUT2D eigenvalue weighted by Gasteiger charge is -2.38. The van der Waals surface area contributed by atoms with E-state index in [1.807, 2.05) is 87.5 Å². The van der Waals surface area contributed by atoms with Crippen LogP contribution >= 0.6 is 0 Å². The van der Waals surface area contributed by atoms with Gasteiger partial charge in [0.25, 0.3) is 0 Å². The van der Waals surface area contributed by atoms with Crippen molar-refractivity contribution < 1.29 is 39.2 Å². The highest BCUT2D eigenvalue weighted by molar-refractivity contribution is 5.97. The highest BCUT2D eigenvalue weighted by Crippen LogP contribution is 2.40. The minimum Gasteiger partial charge on any atom is -0.508 e. The second kappa shape index (κ2) is 34.2. The van der Waals surface area contributed by atoms with Crippen molar-refractivity contribution in [2.45, 2.75) is 90.6 Å². The van der Waals surface area contributed by atoms with E-state index in [0.717, 1.165) is 168 Å². The summed E-state index contributed by atoms with van der Waals surface area (Å²) in [4.78, 5) is 86.4. The van der Waals surface area contributed by atoms with Crippen LogP contribution in [-0.2, 0) is 53.3 Å². The second-order valence-electron chi connectivity index (χ2n) is 28.5. The number of piperidine rings is 1. The van der Waals surface area contributed by atoms with E-state index in [2.05, 4.69) is 109 Å². The summed E-state index contributed by atoms with van der Waals surface area (Å²) in [5.74, 6) is 3.73. The molecule has 5 aromatic carbocycles. The lowest BCUT2D eigenvalue weighted by Crippen LogP contribution is -2.49. The summed E-state index contributed by atoms with van der Waals surface area (Å²) < 4.78 is 12.5. The number of ether oxygens (including phenoxy) is 2. The van der Waals surface area contributed by atoms with Gasteiger partial charge >= 0.3 is 12.0 Å². The minimum atomic E-state index is -0.0317. The summed E-state index contributed by atoms with van der Waals surface area (Å²) in [7, 11) is 2.16. The quantitative estimate of drug-likeness (QED) is 0.0678. The number of hydrogen-bond donors (Lipinski definition) is 3. The Balaban J connectivity index is 0.000000143. The van der Waals surface area contributed by atoms with E-state index in [9.17, 15) is 29.7 Å². The number of amides is 3. The van der Waals surface area contributed by atoms with Gasteiger partial charge in [-0.15, -0.1) is 0 Å². The van der Waals surface area contributed by atoms with Gasteiger partial charge in [-0.25, -0.2) is 9.97 Å². The van der Waals surface area contributed by atoms with E-state index in [0.29, 0.717) is 110 Å². The van der Waals surface area contributed by atoms with Crippen LogP contribution in [0.4, 0.5) is 28.8 Å². The summed E-state index contributed by atoms with van der Waals surface area (Å²) in [6.45, 7) is 30.4. The topological polar surface area (TPSA) is 240 Å². The summed E-state index contributed by atoms with van der Waals surface area (Å²) in [5.41, 5.74) is 9.54. The standard InChI is InChI=1S/C31H38N6O3.C29H35N5O3.C22H27N5O2/c1-3-29(39)35-13-15-36(16-14-35)30-26-10-12-37(28-18-24(38)17-23-8-4-5-9-25(23)28)20-27(26)32-31(33-30)40-21-22-7-6-11-34(2)19-22;1-4-8-20(3)37-29-30-25-19-34(26-18-22(35)17-21-9-6-7-10-23(21)26)12-11-24(25)28(31-29)33-15-13-32(14-16-33)27(36)5-2;1-2-21(29)25-10-12-26(13-11-25)22-18-8-9-27(14-19(18)23-16-24-22)20(15-28)17-6-4-3-5-7-17/h3-5,8-9,17-18,22,38H,1,6-7,10-16,19-21H2,2H3;5-7,9-10,17-18,20,35H,2,4,8,11-16,19H2,1,3H3;2-7,16,20,28H,1,8-15H2. The van der Waals surface area contributed by atoms with Gasteiger partial charge in [-0.3, -0.25) is 19.3 Å². The molecule has 24 nitrogen and oxygen atoms in total. The molecule has 3 amide bonds. The average molecular weight is 1440 g/mol. The molecular weight excluding hydrogens is 1340 g/mol. The van der Waals surface area contributed by atoms with Gasteiger partial charge in [0.05, 0.1) is 55.5 Å². The number of likely N-dealkylation sites (tertiary alicyclic amines) is 1. The molecule has 0 saturated carbocycles. The fraction of sp³-hybridized carbons (Fsp3) is 0.427. The Morgan fingerprint density at radius 2 is 1.03 bits per heavy atom. The predicted octanol–water partition coefficient (Wildman–Crippen LogP) is 9.16. The Labute approximate surface area is 621 Å². The van der Waals surface area contributed by atoms with E-state index < -0.39 is 0 Å². The van der Waals surface area contributed by atoms with E-state index in [1.54, 1.807) is 12.4 Å². The van der Waals surface area contributed by atoms with Crippen molar-refractivity contribution in [3.63, 3.8) is 0 Å². The van der Waals surface area contributed by atoms with Crippen LogP contribution in [-0.4, -0.2) is 225 Å². The van der Waals surface area contributed by atoms with Crippen molar-refractivity contribution in [2.75, 3.05) is 156 Å². The fourth-order valence-corrected chi connectivity index (χ4v) is 16.0. The SMILES string of the molecule is C=CC(=O)N1CCN(c2nc(OC(C)CCC)nc3c2CCN(c2cc(O)cc4ccccc24)C3)CC1.C=CC(=O)N1CCN(c2nc(OCC3CCCN(C)C3)nc3c2CCN(c2cc(O)cc4ccccc24)C3)CC1.C=CC(=O)N1CCN(c2ncnc3c2CCN(C(CO)c2ccccc2)C3)CC1. The molecule has 8 aromatic rings. The molecule has 15 rings (SSSR count). The van der Waals surface area contributed by atoms with Crippen LogP contribution in [0.5, 0.6) is 23.5 Å². The molecule has 24 heteroatoms. The number of aromatic nitrogens is 6. The van der Waals surface area contributed by atoms with Gasteiger partial charge < -0.3 is 68.9 Å². The molecule has 106 heavy (non-hydrogen) atoms. The number of piperazine rings is 3. The number of carbonyl (C=O) groups is 3. The molecule has 0 bridgehead atoms. The Morgan fingerprint density at radius 1 is 0.547 bits per heavy atom. The number of hydrogen-bond acceptors (Lipinski definition) is 21. The summed E-state index contributed by atoms with van der Waals surface area (Å²) in [6.07, 6.45) is 12.5. The maximum absolute atomic E-state index is 12.2. The van der Waals surface area contributed by atoms with Crippen LogP contribution < -0.4 is 34.0 Å². The summed E-state index contributed by atoms with van der Waals surface area (Å²) >= 11 is 0. The van der Waals surface area contributed by atoms with E-state index in [1.165, 1.54) is 30.2 Å². The number of fused-ring (bicyclic) bond motifs is 5. The molecule has 10 heterocycles. The lowest BCUT2D eigenvalue weighted by molar-refractivity contribution is -0.127. The van der Waals surface area contributed by atoms with Crippen molar-refractivity contribution in [1.29, 1.82) is 0 Å². The van der Waals surface area contributed by atoms with Gasteiger partial charge in [-0.05, 0) is 106 Å². The summed E-state index contributed by atoms with van der Waals surface area (Å²) in [5, 5.41) is 35.1. The monoisotopic (exact) mass is 1440 g/mol. The molecular formula is C82H100N16O8. The molecule has 3 atom stereocenters. The lowest BCUT2D eigenvalue weighted by atomic mass is 9.99. The minimum absolute atomic E-state index is 0.0130. The van der Waals surface area contributed by atoms with Gasteiger partial charge in [0.2, 0.25) is 17.7 Å². The number of nitrogens with zero attached hydrogens (tertiary/aromatic N) is 16. The number of aliphatic hydroxyl groups is 1. The number of phenols is 2. The van der Waals surface area contributed by atoms with Crippen molar-refractivity contribution in [2.24, 2.45) is 5.92 Å². The number of aromatic hydroxyl groups is 2. The normalized spacial score (nSPS) is 18.2.